The van der Waals surface area contributed by atoms with Gasteiger partial charge >= 0.3 is 17.9 Å². The summed E-state index contributed by atoms with van der Waals surface area (Å²) in [5.74, 6) is 0.533. The molecular formula is C28H44O7. The normalized spacial score (nSPS) is 43.4. The van der Waals surface area contributed by atoms with Gasteiger partial charge in [-0.05, 0) is 104 Å². The van der Waals surface area contributed by atoms with Crippen LogP contribution < -0.4 is 0 Å². The first-order valence-electron chi connectivity index (χ1n) is 13.8. The molecule has 0 bridgehead atoms. The maximum absolute atomic E-state index is 12.1. The van der Waals surface area contributed by atoms with Gasteiger partial charge in [-0.3, -0.25) is 14.4 Å². The number of hydrogen-bond donors (Lipinski definition) is 3. The molecule has 198 valence electrons. The van der Waals surface area contributed by atoms with Crippen LogP contribution >= 0.6 is 0 Å². The lowest BCUT2D eigenvalue weighted by atomic mass is 9.43. The Morgan fingerprint density at radius 3 is 2.31 bits per heavy atom. The van der Waals surface area contributed by atoms with Crippen molar-refractivity contribution < 1.29 is 34.4 Å². The molecule has 0 aliphatic heterocycles. The van der Waals surface area contributed by atoms with Crippen LogP contribution in [0.25, 0.3) is 0 Å². The second-order valence-electron chi connectivity index (χ2n) is 12.6. The molecule has 4 saturated carbocycles. The minimum atomic E-state index is -0.982. The quantitative estimate of drug-likeness (QED) is 0.412. The van der Waals surface area contributed by atoms with E-state index in [1.807, 2.05) is 0 Å². The monoisotopic (exact) mass is 492 g/mol. The Morgan fingerprint density at radius 1 is 0.914 bits per heavy atom. The Balaban J connectivity index is 1.43. The van der Waals surface area contributed by atoms with E-state index in [1.165, 1.54) is 0 Å². The van der Waals surface area contributed by atoms with Crippen molar-refractivity contribution in [2.24, 2.45) is 46.3 Å². The minimum absolute atomic E-state index is 0.0724. The van der Waals surface area contributed by atoms with Gasteiger partial charge in [-0.1, -0.05) is 20.8 Å². The molecule has 7 heteroatoms. The van der Waals surface area contributed by atoms with Crippen molar-refractivity contribution >= 4 is 17.9 Å². The molecule has 0 saturated heterocycles. The van der Waals surface area contributed by atoms with Crippen LogP contribution in [0.5, 0.6) is 0 Å². The lowest BCUT2D eigenvalue weighted by Crippen LogP contribution is -2.59. The maximum atomic E-state index is 12.1. The van der Waals surface area contributed by atoms with Crippen molar-refractivity contribution in [3.05, 3.63) is 0 Å². The maximum Gasteiger partial charge on any atom is 0.306 e. The molecule has 0 heterocycles. The van der Waals surface area contributed by atoms with E-state index in [1.54, 1.807) is 0 Å². The van der Waals surface area contributed by atoms with Crippen molar-refractivity contribution in [2.75, 3.05) is 0 Å². The third-order valence-corrected chi connectivity index (χ3v) is 11.1. The smallest absolute Gasteiger partial charge is 0.306 e. The van der Waals surface area contributed by atoms with Crippen molar-refractivity contribution in [1.82, 2.24) is 0 Å². The van der Waals surface area contributed by atoms with Crippen molar-refractivity contribution in [3.63, 3.8) is 0 Å². The zero-order chi connectivity index (χ0) is 25.5. The SMILES string of the molecule is C[C@@H](CCC(=O)O)[C@H]1CC[C@H]2[C@@H]3CC[C@H]4C[C@H](OC(=O)CCC(=O)O)CC[C@]4(C)[C@H]3C[C@H](O)[C@]12C. The van der Waals surface area contributed by atoms with Gasteiger partial charge in [0.15, 0.2) is 0 Å². The van der Waals surface area contributed by atoms with Crippen LogP contribution in [0.3, 0.4) is 0 Å². The number of aliphatic hydroxyl groups excluding tert-OH is 1. The third kappa shape index (κ3) is 4.86. The minimum Gasteiger partial charge on any atom is -0.481 e. The van der Waals surface area contributed by atoms with Crippen LogP contribution in [0.1, 0.15) is 97.8 Å². The molecule has 3 N–H and O–H groups in total. The van der Waals surface area contributed by atoms with E-state index in [0.717, 1.165) is 51.4 Å². The predicted molar refractivity (Wildman–Crippen MR) is 129 cm³/mol. The zero-order valence-corrected chi connectivity index (χ0v) is 21.6. The highest BCUT2D eigenvalue weighted by atomic mass is 16.5. The summed E-state index contributed by atoms with van der Waals surface area (Å²) < 4.78 is 5.67. The first-order chi connectivity index (χ1) is 16.5. The molecule has 0 unspecified atom stereocenters. The summed E-state index contributed by atoms with van der Waals surface area (Å²) in [4.78, 5) is 34.0. The molecule has 0 radical (unpaired) electrons. The number of rotatable bonds is 8. The number of carbonyl (C=O) groups is 3. The lowest BCUT2D eigenvalue weighted by molar-refractivity contribution is -0.182. The van der Waals surface area contributed by atoms with E-state index in [2.05, 4.69) is 20.8 Å². The average molecular weight is 493 g/mol. The summed E-state index contributed by atoms with van der Waals surface area (Å²) in [6, 6.07) is 0. The van der Waals surface area contributed by atoms with Gasteiger partial charge in [0.05, 0.1) is 18.9 Å². The Morgan fingerprint density at radius 2 is 1.63 bits per heavy atom. The van der Waals surface area contributed by atoms with Crippen molar-refractivity contribution in [3.8, 4) is 0 Å². The number of hydrogen-bond acceptors (Lipinski definition) is 5. The Kier molecular flexibility index (Phi) is 7.57. The van der Waals surface area contributed by atoms with E-state index in [0.29, 0.717) is 41.9 Å². The molecule has 4 aliphatic rings. The standard InChI is InChI=1S/C28H44O7/c1-16(4-9-24(30)31)20-7-8-21-19-6-5-17-14-18(35-26(34)11-10-25(32)33)12-13-27(17,2)22(19)15-23(29)28(20,21)3/h16-23,29H,4-15H2,1-3H3,(H,30,31)(H,32,33)/t16-,17-,18+,19-,20+,21-,22-,23-,27-,28+/m0/s1. The molecule has 0 spiro atoms. The van der Waals surface area contributed by atoms with Crippen molar-refractivity contribution in [1.29, 1.82) is 0 Å². The number of carboxylic acids is 2. The first-order valence-corrected chi connectivity index (χ1v) is 13.8. The molecule has 0 amide bonds. The number of carboxylic acid groups (broad SMARTS) is 2. The summed E-state index contributed by atoms with van der Waals surface area (Å²) in [6.45, 7) is 6.86. The van der Waals surface area contributed by atoms with Crippen LogP contribution in [0.4, 0.5) is 0 Å². The third-order valence-electron chi connectivity index (χ3n) is 11.1. The summed E-state index contributed by atoms with van der Waals surface area (Å²) in [5, 5.41) is 29.6. The summed E-state index contributed by atoms with van der Waals surface area (Å²) in [7, 11) is 0. The van der Waals surface area contributed by atoms with Gasteiger partial charge in [-0.15, -0.1) is 0 Å². The molecular weight excluding hydrogens is 448 g/mol. The molecule has 35 heavy (non-hydrogen) atoms. The van der Waals surface area contributed by atoms with Gasteiger partial charge in [0.2, 0.25) is 0 Å². The molecule has 0 aromatic carbocycles. The summed E-state index contributed by atoms with van der Waals surface area (Å²) in [6.07, 6.45) is 8.02. The lowest BCUT2D eigenvalue weighted by Gasteiger charge is -2.62. The molecule has 7 nitrogen and oxygen atoms in total. The van der Waals surface area contributed by atoms with E-state index in [-0.39, 0.29) is 42.3 Å². The average Bonchev–Trinajstić information content (AvgIpc) is 3.16. The van der Waals surface area contributed by atoms with E-state index in [4.69, 9.17) is 14.9 Å². The van der Waals surface area contributed by atoms with Gasteiger partial charge in [0.25, 0.3) is 0 Å². The summed E-state index contributed by atoms with van der Waals surface area (Å²) >= 11 is 0. The van der Waals surface area contributed by atoms with E-state index >= 15 is 0 Å². The van der Waals surface area contributed by atoms with Crippen LogP contribution in [-0.2, 0) is 19.1 Å². The number of aliphatic hydroxyl groups is 1. The van der Waals surface area contributed by atoms with Gasteiger partial charge in [-0.25, -0.2) is 0 Å². The largest absolute Gasteiger partial charge is 0.481 e. The van der Waals surface area contributed by atoms with Gasteiger partial charge in [-0.2, -0.15) is 0 Å². The zero-order valence-electron chi connectivity index (χ0n) is 21.6. The number of aliphatic carboxylic acids is 2. The number of ether oxygens (including phenoxy) is 1. The highest BCUT2D eigenvalue weighted by molar-refractivity contribution is 5.76. The molecule has 4 aliphatic carbocycles. The van der Waals surface area contributed by atoms with Crippen LogP contribution in [0.2, 0.25) is 0 Å². The van der Waals surface area contributed by atoms with E-state index < -0.39 is 17.9 Å². The van der Waals surface area contributed by atoms with Crippen LogP contribution in [0, 0.1) is 46.3 Å². The molecule has 0 aromatic rings. The molecule has 4 rings (SSSR count). The topological polar surface area (TPSA) is 121 Å². The predicted octanol–water partition coefficient (Wildman–Crippen LogP) is 4.89. The highest BCUT2D eigenvalue weighted by Crippen LogP contribution is 2.68. The first kappa shape index (κ1) is 26.4. The molecule has 0 aromatic heterocycles. The second kappa shape index (κ2) is 10.0. The van der Waals surface area contributed by atoms with Crippen LogP contribution in [-0.4, -0.2) is 45.4 Å². The van der Waals surface area contributed by atoms with Crippen molar-refractivity contribution in [2.45, 2.75) is 110 Å². The van der Waals surface area contributed by atoms with Gasteiger partial charge in [0, 0.05) is 6.42 Å². The fourth-order valence-electron chi connectivity index (χ4n) is 9.26. The number of esters is 1. The second-order valence-corrected chi connectivity index (χ2v) is 12.6. The highest BCUT2D eigenvalue weighted by Gasteiger charge is 2.63. The Labute approximate surface area is 209 Å². The fourth-order valence-corrected chi connectivity index (χ4v) is 9.26. The number of carbonyl (C=O) groups excluding carboxylic acids is 1. The van der Waals surface area contributed by atoms with Crippen LogP contribution in [0.15, 0.2) is 0 Å². The molecule has 10 atom stereocenters. The Hall–Kier alpha value is -1.63. The van der Waals surface area contributed by atoms with E-state index in [9.17, 15) is 19.5 Å². The summed E-state index contributed by atoms with van der Waals surface area (Å²) in [5.41, 5.74) is -0.0125. The Bertz CT molecular complexity index is 826. The fraction of sp³-hybridized carbons (Fsp3) is 0.893. The number of fused-ring (bicyclic) bond motifs is 5. The van der Waals surface area contributed by atoms with Gasteiger partial charge in [0.1, 0.15) is 6.10 Å². The molecule has 4 fully saturated rings. The van der Waals surface area contributed by atoms with Gasteiger partial charge < -0.3 is 20.1 Å².